The van der Waals surface area contributed by atoms with E-state index >= 15 is 0 Å². The van der Waals surface area contributed by atoms with Crippen molar-refractivity contribution in [3.8, 4) is 0 Å². The first-order valence-corrected chi connectivity index (χ1v) is 7.33. The fourth-order valence-electron chi connectivity index (χ4n) is 1.84. The zero-order valence-electron chi connectivity index (χ0n) is 10.9. The Balaban J connectivity index is 2.02. The second kappa shape index (κ2) is 5.78. The van der Waals surface area contributed by atoms with Gasteiger partial charge in [-0.3, -0.25) is 10.1 Å². The molecule has 0 bridgehead atoms. The van der Waals surface area contributed by atoms with Gasteiger partial charge < -0.3 is 0 Å². The summed E-state index contributed by atoms with van der Waals surface area (Å²) in [7, 11) is 0. The minimum atomic E-state index is -0.504. The standard InChI is InChI=1S/C14H7ClFN3O2S/c15-14-13-12(10(7-22-13)19(20)21)17-11(18-14)6-3-8-1-4-9(16)5-2-8/h1-7H/b6-3+. The summed E-state index contributed by atoms with van der Waals surface area (Å²) in [6, 6.07) is 5.86. The van der Waals surface area contributed by atoms with E-state index in [0.717, 1.165) is 16.9 Å². The van der Waals surface area contributed by atoms with Crippen molar-refractivity contribution in [1.82, 2.24) is 9.97 Å². The second-order valence-corrected chi connectivity index (χ2v) is 5.55. The molecule has 0 aliphatic rings. The van der Waals surface area contributed by atoms with Gasteiger partial charge >= 0.3 is 5.69 Å². The topological polar surface area (TPSA) is 68.9 Å². The van der Waals surface area contributed by atoms with Crippen molar-refractivity contribution in [2.45, 2.75) is 0 Å². The lowest BCUT2D eigenvalue weighted by Crippen LogP contribution is -1.92. The van der Waals surface area contributed by atoms with E-state index in [-0.39, 0.29) is 28.0 Å². The van der Waals surface area contributed by atoms with Gasteiger partial charge in [0.1, 0.15) is 5.82 Å². The highest BCUT2D eigenvalue weighted by molar-refractivity contribution is 7.18. The van der Waals surface area contributed by atoms with E-state index in [9.17, 15) is 14.5 Å². The third kappa shape index (κ3) is 2.81. The molecule has 0 aliphatic carbocycles. The summed E-state index contributed by atoms with van der Waals surface area (Å²) >= 11 is 7.17. The quantitative estimate of drug-likeness (QED) is 0.399. The molecular formula is C14H7ClFN3O2S. The molecule has 3 aromatic rings. The third-order valence-electron chi connectivity index (χ3n) is 2.86. The van der Waals surface area contributed by atoms with Crippen LogP contribution in [0.25, 0.3) is 22.4 Å². The number of hydrogen-bond acceptors (Lipinski definition) is 5. The van der Waals surface area contributed by atoms with E-state index in [0.29, 0.717) is 4.70 Å². The number of halogens is 2. The molecule has 5 nitrogen and oxygen atoms in total. The number of aromatic nitrogens is 2. The zero-order valence-corrected chi connectivity index (χ0v) is 12.4. The third-order valence-corrected chi connectivity index (χ3v) is 4.21. The normalized spacial score (nSPS) is 11.4. The van der Waals surface area contributed by atoms with Crippen molar-refractivity contribution in [2.75, 3.05) is 0 Å². The number of hydrogen-bond donors (Lipinski definition) is 0. The van der Waals surface area contributed by atoms with Crippen molar-refractivity contribution in [3.63, 3.8) is 0 Å². The van der Waals surface area contributed by atoms with Gasteiger partial charge in [0.25, 0.3) is 0 Å². The van der Waals surface area contributed by atoms with Crippen molar-refractivity contribution in [2.24, 2.45) is 0 Å². The van der Waals surface area contributed by atoms with Gasteiger partial charge in [0, 0.05) is 0 Å². The highest BCUT2D eigenvalue weighted by atomic mass is 35.5. The van der Waals surface area contributed by atoms with Crippen molar-refractivity contribution < 1.29 is 9.31 Å². The molecule has 0 saturated carbocycles. The maximum Gasteiger partial charge on any atom is 0.306 e. The molecule has 0 radical (unpaired) electrons. The minimum absolute atomic E-state index is 0.0965. The largest absolute Gasteiger partial charge is 0.306 e. The molecule has 0 atom stereocenters. The first-order chi connectivity index (χ1) is 10.5. The Morgan fingerprint density at radius 2 is 1.95 bits per heavy atom. The van der Waals surface area contributed by atoms with Crippen LogP contribution in [0.15, 0.2) is 29.6 Å². The molecule has 0 saturated heterocycles. The lowest BCUT2D eigenvalue weighted by atomic mass is 10.2. The van der Waals surface area contributed by atoms with Crippen molar-refractivity contribution in [1.29, 1.82) is 0 Å². The van der Waals surface area contributed by atoms with Crippen molar-refractivity contribution >= 4 is 51.0 Å². The summed E-state index contributed by atoms with van der Waals surface area (Å²) in [5.41, 5.74) is 0.871. The van der Waals surface area contributed by atoms with Crippen LogP contribution in [-0.4, -0.2) is 14.9 Å². The summed E-state index contributed by atoms with van der Waals surface area (Å²) in [4.78, 5) is 18.7. The Hall–Kier alpha value is -2.38. The van der Waals surface area contributed by atoms with E-state index < -0.39 is 4.92 Å². The van der Waals surface area contributed by atoms with Crippen LogP contribution < -0.4 is 0 Å². The molecule has 0 spiro atoms. The molecule has 0 fully saturated rings. The lowest BCUT2D eigenvalue weighted by Gasteiger charge is -1.97. The Kier molecular flexibility index (Phi) is 3.82. The highest BCUT2D eigenvalue weighted by Gasteiger charge is 2.19. The Morgan fingerprint density at radius 3 is 2.64 bits per heavy atom. The van der Waals surface area contributed by atoms with Crippen LogP contribution in [0.5, 0.6) is 0 Å². The molecule has 0 unspecified atom stereocenters. The Labute approximate surface area is 132 Å². The Bertz CT molecular complexity index is 893. The van der Waals surface area contributed by atoms with Crippen LogP contribution >= 0.6 is 22.9 Å². The van der Waals surface area contributed by atoms with E-state index in [1.54, 1.807) is 24.3 Å². The number of benzene rings is 1. The first-order valence-electron chi connectivity index (χ1n) is 6.07. The molecule has 22 heavy (non-hydrogen) atoms. The average Bonchev–Trinajstić information content (AvgIpc) is 2.91. The molecule has 3 rings (SSSR count). The van der Waals surface area contributed by atoms with Gasteiger partial charge in [-0.1, -0.05) is 29.8 Å². The molecule has 0 N–H and O–H groups in total. The van der Waals surface area contributed by atoms with E-state index in [2.05, 4.69) is 9.97 Å². The summed E-state index contributed by atoms with van der Waals surface area (Å²) in [6.07, 6.45) is 3.25. The van der Waals surface area contributed by atoms with Crippen LogP contribution in [0.1, 0.15) is 11.4 Å². The maximum absolute atomic E-state index is 12.8. The van der Waals surface area contributed by atoms with Crippen LogP contribution in [0.2, 0.25) is 5.15 Å². The molecule has 1 aromatic carbocycles. The molecule has 2 heterocycles. The summed E-state index contributed by atoms with van der Waals surface area (Å²) in [5, 5.41) is 12.5. The van der Waals surface area contributed by atoms with Gasteiger partial charge in [0.05, 0.1) is 15.0 Å². The molecule has 8 heteroatoms. The number of fused-ring (bicyclic) bond motifs is 1. The molecule has 110 valence electrons. The van der Waals surface area contributed by atoms with E-state index in [4.69, 9.17) is 11.6 Å². The SMILES string of the molecule is O=[N+]([O-])c1csc2c(Cl)nc(/C=C/c3ccc(F)cc3)nc12. The van der Waals surface area contributed by atoms with Crippen LogP contribution in [0.4, 0.5) is 10.1 Å². The number of nitro groups is 1. The monoisotopic (exact) mass is 335 g/mol. The fourth-order valence-corrected chi connectivity index (χ4v) is 2.98. The predicted octanol–water partition coefficient (Wildman–Crippen LogP) is 4.56. The maximum atomic E-state index is 12.8. The summed E-state index contributed by atoms with van der Waals surface area (Å²) in [5.74, 6) is -0.0740. The molecule has 0 aliphatic heterocycles. The first kappa shape index (κ1) is 14.6. The van der Waals surface area contributed by atoms with E-state index in [1.807, 2.05) is 0 Å². The van der Waals surface area contributed by atoms with Crippen LogP contribution in [-0.2, 0) is 0 Å². The van der Waals surface area contributed by atoms with Gasteiger partial charge in [0.15, 0.2) is 16.5 Å². The molecule has 2 aromatic heterocycles. The van der Waals surface area contributed by atoms with Crippen LogP contribution in [0.3, 0.4) is 0 Å². The summed E-state index contributed by atoms with van der Waals surface area (Å²) < 4.78 is 13.3. The van der Waals surface area contributed by atoms with Gasteiger partial charge in [-0.25, -0.2) is 14.4 Å². The number of nitrogens with zero attached hydrogens (tertiary/aromatic N) is 3. The smallest absolute Gasteiger partial charge is 0.258 e. The predicted molar refractivity (Wildman–Crippen MR) is 84.4 cm³/mol. The van der Waals surface area contributed by atoms with Gasteiger partial charge in [-0.15, -0.1) is 11.3 Å². The van der Waals surface area contributed by atoms with Gasteiger partial charge in [-0.2, -0.15) is 0 Å². The summed E-state index contributed by atoms with van der Waals surface area (Å²) in [6.45, 7) is 0. The highest BCUT2D eigenvalue weighted by Crippen LogP contribution is 2.34. The van der Waals surface area contributed by atoms with Crippen molar-refractivity contribution in [3.05, 3.63) is 62.1 Å². The van der Waals surface area contributed by atoms with Crippen LogP contribution in [0, 0.1) is 15.9 Å². The van der Waals surface area contributed by atoms with E-state index in [1.165, 1.54) is 17.5 Å². The fraction of sp³-hybridized carbons (Fsp3) is 0. The average molecular weight is 336 g/mol. The van der Waals surface area contributed by atoms with Gasteiger partial charge in [0.2, 0.25) is 0 Å². The molecular weight excluding hydrogens is 329 g/mol. The number of rotatable bonds is 3. The Morgan fingerprint density at radius 1 is 1.23 bits per heavy atom. The van der Waals surface area contributed by atoms with Gasteiger partial charge in [-0.05, 0) is 23.8 Å². The molecule has 0 amide bonds. The second-order valence-electron chi connectivity index (χ2n) is 4.31. The zero-order chi connectivity index (χ0) is 15.7. The minimum Gasteiger partial charge on any atom is -0.258 e. The number of thiophene rings is 1. The lowest BCUT2D eigenvalue weighted by molar-refractivity contribution is -0.382.